The molecule has 0 aliphatic rings. The number of aryl methyl sites for hydroxylation is 2. The van der Waals surface area contributed by atoms with Crippen molar-refractivity contribution in [3.8, 4) is 0 Å². The molecule has 0 fully saturated rings. The summed E-state index contributed by atoms with van der Waals surface area (Å²) < 4.78 is 13.1. The maximum Gasteiger partial charge on any atom is 0.124 e. The number of hydrogen-bond acceptors (Lipinski definition) is 1. The first kappa shape index (κ1) is 15.0. The third kappa shape index (κ3) is 3.38. The molecule has 1 atom stereocenters. The van der Waals surface area contributed by atoms with Crippen LogP contribution >= 0.6 is 11.6 Å². The van der Waals surface area contributed by atoms with Gasteiger partial charge in [0.2, 0.25) is 0 Å². The Morgan fingerprint density at radius 3 is 2.25 bits per heavy atom. The topological polar surface area (TPSA) is 20.2 Å². The van der Waals surface area contributed by atoms with Crippen molar-refractivity contribution in [3.63, 3.8) is 0 Å². The molecule has 106 valence electrons. The van der Waals surface area contributed by atoms with Crippen molar-refractivity contribution < 1.29 is 9.50 Å². The highest BCUT2D eigenvalue weighted by molar-refractivity contribution is 6.31. The zero-order valence-electron chi connectivity index (χ0n) is 11.9. The molecule has 0 spiro atoms. The van der Waals surface area contributed by atoms with Crippen molar-refractivity contribution >= 4 is 11.6 Å². The third-order valence-corrected chi connectivity index (χ3v) is 3.75. The van der Waals surface area contributed by atoms with Gasteiger partial charge in [-0.3, -0.25) is 0 Å². The second kappa shape index (κ2) is 5.55. The first-order chi connectivity index (χ1) is 9.28. The standard InChI is InChI=1S/C17H18ClFO/c1-11-6-12(2)8-14(7-11)17(3,20)10-13-4-5-15(19)9-16(13)18/h4-9,20H,10H2,1-3H3. The first-order valence-electron chi connectivity index (χ1n) is 6.53. The highest BCUT2D eigenvalue weighted by atomic mass is 35.5. The van der Waals surface area contributed by atoms with Crippen LogP contribution in [0, 0.1) is 19.7 Å². The maximum absolute atomic E-state index is 13.1. The molecule has 0 aliphatic carbocycles. The van der Waals surface area contributed by atoms with Gasteiger partial charge in [-0.2, -0.15) is 0 Å². The van der Waals surface area contributed by atoms with Gasteiger partial charge in [0.05, 0.1) is 5.60 Å². The summed E-state index contributed by atoms with van der Waals surface area (Å²) >= 11 is 6.03. The maximum atomic E-state index is 13.1. The van der Waals surface area contributed by atoms with Crippen LogP contribution in [-0.4, -0.2) is 5.11 Å². The molecular weight excluding hydrogens is 275 g/mol. The lowest BCUT2D eigenvalue weighted by Gasteiger charge is -2.25. The molecule has 2 aromatic rings. The average Bonchev–Trinajstić information content (AvgIpc) is 2.31. The van der Waals surface area contributed by atoms with Crippen LogP contribution in [0.2, 0.25) is 5.02 Å². The minimum atomic E-state index is -1.04. The van der Waals surface area contributed by atoms with Gasteiger partial charge < -0.3 is 5.11 Å². The molecule has 2 aromatic carbocycles. The minimum Gasteiger partial charge on any atom is -0.385 e. The molecule has 1 unspecified atom stereocenters. The summed E-state index contributed by atoms with van der Waals surface area (Å²) in [6.07, 6.45) is 0.342. The fraction of sp³-hybridized carbons (Fsp3) is 0.294. The molecular formula is C17H18ClFO. The lowest BCUT2D eigenvalue weighted by Crippen LogP contribution is -2.24. The van der Waals surface area contributed by atoms with E-state index in [1.54, 1.807) is 13.0 Å². The van der Waals surface area contributed by atoms with Crippen LogP contribution in [0.15, 0.2) is 36.4 Å². The van der Waals surface area contributed by atoms with Crippen LogP contribution in [0.25, 0.3) is 0 Å². The fourth-order valence-electron chi connectivity index (χ4n) is 2.42. The van der Waals surface area contributed by atoms with E-state index in [4.69, 9.17) is 11.6 Å². The highest BCUT2D eigenvalue weighted by Gasteiger charge is 2.25. The lowest BCUT2D eigenvalue weighted by molar-refractivity contribution is 0.0575. The summed E-state index contributed by atoms with van der Waals surface area (Å²) in [5.74, 6) is -0.371. The number of halogens is 2. The van der Waals surface area contributed by atoms with E-state index in [-0.39, 0.29) is 5.82 Å². The van der Waals surface area contributed by atoms with Crippen LogP contribution in [0.3, 0.4) is 0 Å². The second-order valence-corrected chi connectivity index (χ2v) is 5.97. The molecule has 0 saturated carbocycles. The SMILES string of the molecule is Cc1cc(C)cc(C(C)(O)Cc2ccc(F)cc2Cl)c1. The van der Waals surface area contributed by atoms with Gasteiger partial charge in [-0.15, -0.1) is 0 Å². The second-order valence-electron chi connectivity index (χ2n) is 5.56. The van der Waals surface area contributed by atoms with Gasteiger partial charge in [-0.05, 0) is 44.0 Å². The fourth-order valence-corrected chi connectivity index (χ4v) is 2.66. The van der Waals surface area contributed by atoms with E-state index in [1.807, 2.05) is 26.0 Å². The Morgan fingerprint density at radius 1 is 1.10 bits per heavy atom. The molecule has 20 heavy (non-hydrogen) atoms. The van der Waals surface area contributed by atoms with Crippen molar-refractivity contribution in [2.45, 2.75) is 32.8 Å². The van der Waals surface area contributed by atoms with Gasteiger partial charge in [0.1, 0.15) is 5.82 Å². The van der Waals surface area contributed by atoms with Crippen LogP contribution in [0.1, 0.15) is 29.2 Å². The first-order valence-corrected chi connectivity index (χ1v) is 6.91. The Labute approximate surface area is 124 Å². The van der Waals surface area contributed by atoms with E-state index >= 15 is 0 Å². The van der Waals surface area contributed by atoms with E-state index in [0.29, 0.717) is 11.4 Å². The Balaban J connectivity index is 2.34. The van der Waals surface area contributed by atoms with Gasteiger partial charge >= 0.3 is 0 Å². The number of hydrogen-bond donors (Lipinski definition) is 1. The summed E-state index contributed by atoms with van der Waals surface area (Å²) in [4.78, 5) is 0. The number of aliphatic hydroxyl groups is 1. The summed E-state index contributed by atoms with van der Waals surface area (Å²) in [5, 5.41) is 11.1. The lowest BCUT2D eigenvalue weighted by atomic mass is 9.87. The Kier molecular flexibility index (Phi) is 4.17. The molecule has 0 bridgehead atoms. The van der Waals surface area contributed by atoms with Crippen LogP contribution in [0.5, 0.6) is 0 Å². The van der Waals surface area contributed by atoms with Gasteiger partial charge in [0.15, 0.2) is 0 Å². The Morgan fingerprint density at radius 2 is 1.70 bits per heavy atom. The Hall–Kier alpha value is -1.38. The summed E-state index contributed by atoms with van der Waals surface area (Å²) in [6.45, 7) is 5.75. The van der Waals surface area contributed by atoms with Gasteiger partial charge in [0.25, 0.3) is 0 Å². The van der Waals surface area contributed by atoms with Crippen molar-refractivity contribution in [1.29, 1.82) is 0 Å². The molecule has 0 aliphatic heterocycles. The quantitative estimate of drug-likeness (QED) is 0.880. The molecule has 0 aromatic heterocycles. The molecule has 3 heteroatoms. The summed E-state index contributed by atoms with van der Waals surface area (Å²) in [7, 11) is 0. The monoisotopic (exact) mass is 292 g/mol. The van der Waals surface area contributed by atoms with Crippen LogP contribution in [0.4, 0.5) is 4.39 Å². The van der Waals surface area contributed by atoms with Crippen LogP contribution < -0.4 is 0 Å². The predicted molar refractivity (Wildman–Crippen MR) is 80.6 cm³/mol. The van der Waals surface area contributed by atoms with Crippen LogP contribution in [-0.2, 0) is 12.0 Å². The minimum absolute atomic E-state index is 0.342. The van der Waals surface area contributed by atoms with Crippen molar-refractivity contribution in [3.05, 3.63) is 69.5 Å². The number of benzene rings is 2. The molecule has 2 rings (SSSR count). The van der Waals surface area contributed by atoms with E-state index in [2.05, 4.69) is 6.07 Å². The molecule has 0 amide bonds. The van der Waals surface area contributed by atoms with Crippen molar-refractivity contribution in [2.24, 2.45) is 0 Å². The van der Waals surface area contributed by atoms with E-state index in [9.17, 15) is 9.50 Å². The summed E-state index contributed by atoms with van der Waals surface area (Å²) in [5.41, 5.74) is 2.74. The highest BCUT2D eigenvalue weighted by Crippen LogP contribution is 2.30. The van der Waals surface area contributed by atoms with E-state index in [0.717, 1.165) is 22.3 Å². The Bertz CT molecular complexity index is 615. The van der Waals surface area contributed by atoms with Crippen molar-refractivity contribution in [2.75, 3.05) is 0 Å². The van der Waals surface area contributed by atoms with Crippen molar-refractivity contribution in [1.82, 2.24) is 0 Å². The zero-order chi connectivity index (χ0) is 14.9. The van der Waals surface area contributed by atoms with E-state index < -0.39 is 5.60 Å². The van der Waals surface area contributed by atoms with E-state index in [1.165, 1.54) is 12.1 Å². The molecule has 0 heterocycles. The predicted octanol–water partition coefficient (Wildman–Crippen LogP) is 4.55. The van der Waals surface area contributed by atoms with Gasteiger partial charge in [-0.1, -0.05) is 47.0 Å². The largest absolute Gasteiger partial charge is 0.385 e. The smallest absolute Gasteiger partial charge is 0.124 e. The summed E-state index contributed by atoms with van der Waals surface area (Å²) in [6, 6.07) is 10.2. The zero-order valence-corrected chi connectivity index (χ0v) is 12.6. The molecule has 0 radical (unpaired) electrons. The van der Waals surface area contributed by atoms with Gasteiger partial charge in [-0.25, -0.2) is 4.39 Å². The number of rotatable bonds is 3. The molecule has 0 saturated heterocycles. The van der Waals surface area contributed by atoms with Gasteiger partial charge in [0, 0.05) is 11.4 Å². The molecule has 1 N–H and O–H groups in total. The normalized spacial score (nSPS) is 14.1. The third-order valence-electron chi connectivity index (χ3n) is 3.39. The molecule has 1 nitrogen and oxygen atoms in total. The average molecular weight is 293 g/mol.